The molecule has 1 amide bonds. The van der Waals surface area contributed by atoms with Crippen molar-refractivity contribution in [2.24, 2.45) is 5.92 Å². The monoisotopic (exact) mass is 288 g/mol. The van der Waals surface area contributed by atoms with Gasteiger partial charge in [-0.05, 0) is 18.6 Å². The molecule has 2 heterocycles. The first kappa shape index (κ1) is 14.3. The Morgan fingerprint density at radius 3 is 2.50 bits per heavy atom. The van der Waals surface area contributed by atoms with Gasteiger partial charge in [0.1, 0.15) is 5.69 Å². The summed E-state index contributed by atoms with van der Waals surface area (Å²) in [6.45, 7) is 0.339. The molecule has 1 aliphatic rings. The van der Waals surface area contributed by atoms with Gasteiger partial charge in [-0.1, -0.05) is 0 Å². The summed E-state index contributed by atoms with van der Waals surface area (Å²) >= 11 is 0. The summed E-state index contributed by atoms with van der Waals surface area (Å²) in [5.74, 6) is -2.11. The number of nitrogens with zero attached hydrogens (tertiary/aromatic N) is 2. The van der Waals surface area contributed by atoms with Gasteiger partial charge in [-0.2, -0.15) is 13.2 Å². The molecule has 5 nitrogen and oxygen atoms in total. The summed E-state index contributed by atoms with van der Waals surface area (Å²) in [4.78, 5) is 27.3. The zero-order chi connectivity index (χ0) is 14.9. The third-order valence-corrected chi connectivity index (χ3v) is 3.13. The molecule has 1 aliphatic heterocycles. The van der Waals surface area contributed by atoms with Crippen LogP contribution in [0.2, 0.25) is 0 Å². The van der Waals surface area contributed by atoms with Crippen LogP contribution in [0.5, 0.6) is 0 Å². The molecule has 0 spiro atoms. The topological polar surface area (TPSA) is 70.5 Å². The lowest BCUT2D eigenvalue weighted by molar-refractivity contribution is -0.142. The molecule has 8 heteroatoms. The second-order valence-corrected chi connectivity index (χ2v) is 4.50. The number of rotatable bonds is 2. The highest BCUT2D eigenvalue weighted by Crippen LogP contribution is 2.27. The van der Waals surface area contributed by atoms with Crippen molar-refractivity contribution in [3.8, 4) is 0 Å². The third kappa shape index (κ3) is 2.89. The van der Waals surface area contributed by atoms with Gasteiger partial charge in [0.2, 0.25) is 0 Å². The van der Waals surface area contributed by atoms with Crippen molar-refractivity contribution in [3.63, 3.8) is 0 Å². The van der Waals surface area contributed by atoms with Gasteiger partial charge in [-0.25, -0.2) is 0 Å². The number of aliphatic carboxylic acids is 1. The van der Waals surface area contributed by atoms with Crippen LogP contribution in [0.25, 0.3) is 0 Å². The highest BCUT2D eigenvalue weighted by Gasteiger charge is 2.34. The van der Waals surface area contributed by atoms with E-state index in [0.717, 1.165) is 18.3 Å². The fourth-order valence-corrected chi connectivity index (χ4v) is 2.02. The molecule has 2 rings (SSSR count). The number of aromatic nitrogens is 1. The smallest absolute Gasteiger partial charge is 0.433 e. The maximum Gasteiger partial charge on any atom is 0.433 e. The van der Waals surface area contributed by atoms with E-state index in [0.29, 0.717) is 6.42 Å². The first-order valence-electron chi connectivity index (χ1n) is 5.84. The van der Waals surface area contributed by atoms with E-state index in [4.69, 9.17) is 5.11 Å². The predicted octanol–water partition coefficient (Wildman–Crippen LogP) is 1.65. The zero-order valence-corrected chi connectivity index (χ0v) is 10.2. The first-order chi connectivity index (χ1) is 9.29. The normalized spacial score (nSPS) is 19.1. The first-order valence-corrected chi connectivity index (χ1v) is 5.84. The number of alkyl halides is 3. The molecule has 0 radical (unpaired) electrons. The molecular formula is C12H11F3N2O3. The second kappa shape index (κ2) is 5.10. The summed E-state index contributed by atoms with van der Waals surface area (Å²) in [5.41, 5.74) is -1.05. The Balaban J connectivity index is 2.09. The molecule has 0 saturated carbocycles. The van der Waals surface area contributed by atoms with Crippen LogP contribution in [-0.2, 0) is 11.0 Å². The highest BCUT2D eigenvalue weighted by atomic mass is 19.4. The molecule has 108 valence electrons. The third-order valence-electron chi connectivity index (χ3n) is 3.13. The van der Waals surface area contributed by atoms with Crippen LogP contribution in [0.4, 0.5) is 13.2 Å². The van der Waals surface area contributed by atoms with Crippen molar-refractivity contribution in [1.82, 2.24) is 9.88 Å². The van der Waals surface area contributed by atoms with Crippen LogP contribution < -0.4 is 0 Å². The number of carbonyl (C=O) groups is 2. The summed E-state index contributed by atoms with van der Waals surface area (Å²) < 4.78 is 37.0. The minimum absolute atomic E-state index is 0.0176. The fraction of sp³-hybridized carbons (Fsp3) is 0.417. The standard InChI is InChI=1S/C12H11F3N2O3/c13-12(14,15)9-2-1-7(5-16-9)10(18)17-4-3-8(6-17)11(19)20/h1-2,5,8H,3-4,6H2,(H,19,20). The molecule has 1 atom stereocenters. The van der Waals surface area contributed by atoms with E-state index < -0.39 is 29.7 Å². The van der Waals surface area contributed by atoms with E-state index in [-0.39, 0.29) is 18.7 Å². The van der Waals surface area contributed by atoms with E-state index in [2.05, 4.69) is 4.98 Å². The van der Waals surface area contributed by atoms with Crippen molar-refractivity contribution in [3.05, 3.63) is 29.6 Å². The Hall–Kier alpha value is -2.12. The number of likely N-dealkylation sites (tertiary alicyclic amines) is 1. The van der Waals surface area contributed by atoms with Crippen molar-refractivity contribution >= 4 is 11.9 Å². The number of carbonyl (C=O) groups excluding carboxylic acids is 1. The van der Waals surface area contributed by atoms with Crippen molar-refractivity contribution in [2.45, 2.75) is 12.6 Å². The van der Waals surface area contributed by atoms with Gasteiger partial charge in [0, 0.05) is 19.3 Å². The molecule has 0 aromatic carbocycles. The van der Waals surface area contributed by atoms with E-state index in [1.54, 1.807) is 0 Å². The maximum absolute atomic E-state index is 12.3. The number of amides is 1. The SMILES string of the molecule is O=C(O)C1CCN(C(=O)c2ccc(C(F)(F)F)nc2)C1. The van der Waals surface area contributed by atoms with Crippen LogP contribution in [0.15, 0.2) is 18.3 Å². The predicted molar refractivity (Wildman–Crippen MR) is 60.9 cm³/mol. The van der Waals surface area contributed by atoms with E-state index in [1.807, 2.05) is 0 Å². The number of pyridine rings is 1. The Kier molecular flexibility index (Phi) is 3.65. The lowest BCUT2D eigenvalue weighted by atomic mass is 10.1. The van der Waals surface area contributed by atoms with Gasteiger partial charge in [0.25, 0.3) is 5.91 Å². The van der Waals surface area contributed by atoms with E-state index in [9.17, 15) is 22.8 Å². The van der Waals surface area contributed by atoms with E-state index in [1.165, 1.54) is 4.90 Å². The lowest BCUT2D eigenvalue weighted by Crippen LogP contribution is -2.30. The van der Waals surface area contributed by atoms with Gasteiger partial charge < -0.3 is 10.0 Å². The Bertz CT molecular complexity index is 528. The summed E-state index contributed by atoms with van der Waals surface area (Å²) in [6, 6.07) is 1.78. The van der Waals surface area contributed by atoms with Crippen LogP contribution >= 0.6 is 0 Å². The average Bonchev–Trinajstić information content (AvgIpc) is 2.86. The minimum Gasteiger partial charge on any atom is -0.481 e. The van der Waals surface area contributed by atoms with Gasteiger partial charge in [-0.15, -0.1) is 0 Å². The molecular weight excluding hydrogens is 277 g/mol. The van der Waals surface area contributed by atoms with Gasteiger partial charge in [0.05, 0.1) is 11.5 Å². The Morgan fingerprint density at radius 2 is 2.05 bits per heavy atom. The molecule has 1 aromatic rings. The minimum atomic E-state index is -4.55. The number of carboxylic acid groups (broad SMARTS) is 1. The number of hydrogen-bond acceptors (Lipinski definition) is 3. The van der Waals surface area contributed by atoms with Crippen LogP contribution in [0.3, 0.4) is 0 Å². The summed E-state index contributed by atoms with van der Waals surface area (Å²) in [7, 11) is 0. The Labute approximate surface area is 112 Å². The highest BCUT2D eigenvalue weighted by molar-refractivity contribution is 5.94. The van der Waals surface area contributed by atoms with Crippen LogP contribution in [0.1, 0.15) is 22.5 Å². The molecule has 1 aromatic heterocycles. The molecule has 20 heavy (non-hydrogen) atoms. The van der Waals surface area contributed by atoms with Crippen molar-refractivity contribution in [1.29, 1.82) is 0 Å². The summed E-state index contributed by atoms with van der Waals surface area (Å²) in [5, 5.41) is 8.83. The molecule has 0 bridgehead atoms. The van der Waals surface area contributed by atoms with Crippen LogP contribution in [0, 0.1) is 5.92 Å². The number of hydrogen-bond donors (Lipinski definition) is 1. The molecule has 0 aliphatic carbocycles. The maximum atomic E-state index is 12.3. The summed E-state index contributed by atoms with van der Waals surface area (Å²) in [6.07, 6.45) is -3.35. The van der Waals surface area contributed by atoms with Crippen LogP contribution in [-0.4, -0.2) is 40.0 Å². The number of halogens is 3. The van der Waals surface area contributed by atoms with Gasteiger partial charge >= 0.3 is 12.1 Å². The van der Waals surface area contributed by atoms with Gasteiger partial charge in [0.15, 0.2) is 0 Å². The van der Waals surface area contributed by atoms with Crippen molar-refractivity contribution in [2.75, 3.05) is 13.1 Å². The number of carboxylic acids is 1. The average molecular weight is 288 g/mol. The lowest BCUT2D eigenvalue weighted by Gasteiger charge is -2.15. The van der Waals surface area contributed by atoms with Gasteiger partial charge in [-0.3, -0.25) is 14.6 Å². The molecule has 1 N–H and O–H groups in total. The molecule has 1 unspecified atom stereocenters. The molecule has 1 saturated heterocycles. The fourth-order valence-electron chi connectivity index (χ4n) is 2.02. The zero-order valence-electron chi connectivity index (χ0n) is 10.2. The largest absolute Gasteiger partial charge is 0.481 e. The van der Waals surface area contributed by atoms with E-state index >= 15 is 0 Å². The second-order valence-electron chi connectivity index (χ2n) is 4.50. The Morgan fingerprint density at radius 1 is 1.35 bits per heavy atom. The molecule has 1 fully saturated rings. The van der Waals surface area contributed by atoms with Crippen molar-refractivity contribution < 1.29 is 27.9 Å². The quantitative estimate of drug-likeness (QED) is 0.898.